The van der Waals surface area contributed by atoms with Gasteiger partial charge >= 0.3 is 0 Å². The van der Waals surface area contributed by atoms with Crippen LogP contribution in [-0.2, 0) is 0 Å². The van der Waals surface area contributed by atoms with Crippen LogP contribution in [0.1, 0.15) is 26.7 Å². The van der Waals surface area contributed by atoms with Crippen LogP contribution in [0.2, 0.25) is 0 Å². The molecule has 4 N–H and O–H groups in total. The van der Waals surface area contributed by atoms with Gasteiger partial charge < -0.3 is 10.6 Å². The third-order valence-electron chi connectivity index (χ3n) is 1.94. The van der Waals surface area contributed by atoms with Crippen molar-refractivity contribution < 1.29 is 0 Å². The van der Waals surface area contributed by atoms with Crippen molar-refractivity contribution in [3.05, 3.63) is 0 Å². The van der Waals surface area contributed by atoms with Gasteiger partial charge in [-0.05, 0) is 39.0 Å². The van der Waals surface area contributed by atoms with Crippen LogP contribution in [0.15, 0.2) is 0 Å². The molecule has 0 radical (unpaired) electrons. The third kappa shape index (κ3) is 11.8. The van der Waals surface area contributed by atoms with Crippen LogP contribution >= 0.6 is 0 Å². The van der Waals surface area contributed by atoms with E-state index in [0.717, 1.165) is 39.3 Å². The molecule has 86 valence electrons. The van der Waals surface area contributed by atoms with Crippen molar-refractivity contribution in [2.45, 2.75) is 26.7 Å². The van der Waals surface area contributed by atoms with E-state index in [1.54, 1.807) is 0 Å². The summed E-state index contributed by atoms with van der Waals surface area (Å²) in [6.07, 6.45) is 2.35. The molecule has 0 fully saturated rings. The lowest BCUT2D eigenvalue weighted by atomic mass is 10.4. The van der Waals surface area contributed by atoms with Crippen molar-refractivity contribution >= 4 is 0 Å². The van der Waals surface area contributed by atoms with E-state index >= 15 is 0 Å². The summed E-state index contributed by atoms with van der Waals surface area (Å²) in [6.45, 7) is 10.7. The van der Waals surface area contributed by atoms with Gasteiger partial charge in [-0.15, -0.1) is 0 Å². The fraction of sp³-hybridized carbons (Fsp3) is 1.00. The molecular formula is C10H26N4. The van der Waals surface area contributed by atoms with Gasteiger partial charge in [-0.3, -0.25) is 10.9 Å². The number of rotatable bonds is 11. The van der Waals surface area contributed by atoms with Gasteiger partial charge in [-0.1, -0.05) is 13.8 Å². The maximum atomic E-state index is 3.29. The maximum Gasteiger partial charge on any atom is 0.0112 e. The van der Waals surface area contributed by atoms with Crippen molar-refractivity contribution in [3.63, 3.8) is 0 Å². The molecule has 0 saturated carbocycles. The summed E-state index contributed by atoms with van der Waals surface area (Å²) in [6, 6.07) is 0. The molecule has 0 atom stereocenters. The number of hydrogen-bond donors (Lipinski definition) is 4. The molecule has 0 amide bonds. The van der Waals surface area contributed by atoms with Gasteiger partial charge in [0.15, 0.2) is 0 Å². The average molecular weight is 202 g/mol. The van der Waals surface area contributed by atoms with E-state index in [-0.39, 0.29) is 0 Å². The Kier molecular flexibility index (Phi) is 12.7. The van der Waals surface area contributed by atoms with Crippen LogP contribution in [0.4, 0.5) is 0 Å². The lowest BCUT2D eigenvalue weighted by molar-refractivity contribution is 0.495. The minimum absolute atomic E-state index is 1.04. The maximum absolute atomic E-state index is 3.29. The van der Waals surface area contributed by atoms with Crippen LogP contribution in [0, 0.1) is 0 Å². The molecule has 0 bridgehead atoms. The molecule has 0 aromatic heterocycles. The van der Waals surface area contributed by atoms with Crippen molar-refractivity contribution in [2.24, 2.45) is 0 Å². The van der Waals surface area contributed by atoms with Gasteiger partial charge in [0.05, 0.1) is 0 Å². The first-order chi connectivity index (χ1) is 6.91. The largest absolute Gasteiger partial charge is 0.317 e. The zero-order valence-corrected chi connectivity index (χ0v) is 9.66. The monoisotopic (exact) mass is 202 g/mol. The van der Waals surface area contributed by atoms with Crippen LogP contribution < -0.4 is 21.5 Å². The van der Waals surface area contributed by atoms with Gasteiger partial charge in [0.25, 0.3) is 0 Å². The number of hydrogen-bond acceptors (Lipinski definition) is 4. The summed E-state index contributed by atoms with van der Waals surface area (Å²) in [4.78, 5) is 0. The molecule has 0 heterocycles. The molecule has 0 saturated heterocycles. The Morgan fingerprint density at radius 1 is 0.643 bits per heavy atom. The first kappa shape index (κ1) is 13.8. The average Bonchev–Trinajstić information content (AvgIpc) is 2.21. The second kappa shape index (κ2) is 12.8. The van der Waals surface area contributed by atoms with E-state index in [9.17, 15) is 0 Å². The van der Waals surface area contributed by atoms with Gasteiger partial charge in [0.2, 0.25) is 0 Å². The Morgan fingerprint density at radius 3 is 1.43 bits per heavy atom. The second-order valence-corrected chi connectivity index (χ2v) is 3.27. The lowest BCUT2D eigenvalue weighted by Gasteiger charge is -2.07. The van der Waals surface area contributed by atoms with E-state index in [4.69, 9.17) is 0 Å². The van der Waals surface area contributed by atoms with E-state index in [2.05, 4.69) is 35.3 Å². The van der Waals surface area contributed by atoms with Gasteiger partial charge in [0, 0.05) is 13.1 Å². The fourth-order valence-corrected chi connectivity index (χ4v) is 1.13. The Bertz CT molecular complexity index is 86.1. The first-order valence-electron chi connectivity index (χ1n) is 5.79. The molecule has 0 unspecified atom stereocenters. The first-order valence-corrected chi connectivity index (χ1v) is 5.79. The van der Waals surface area contributed by atoms with Crippen LogP contribution in [-0.4, -0.2) is 39.3 Å². The Morgan fingerprint density at radius 2 is 1.07 bits per heavy atom. The van der Waals surface area contributed by atoms with Crippen LogP contribution in [0.25, 0.3) is 0 Å². The number of nitrogens with one attached hydrogen (secondary N) is 4. The van der Waals surface area contributed by atoms with Crippen molar-refractivity contribution in [1.29, 1.82) is 0 Å². The van der Waals surface area contributed by atoms with E-state index in [0.29, 0.717) is 0 Å². The summed E-state index contributed by atoms with van der Waals surface area (Å²) < 4.78 is 0. The third-order valence-corrected chi connectivity index (χ3v) is 1.94. The predicted octanol–water partition coefficient (Wildman–Crippen LogP) is 0.0798. The Hall–Kier alpha value is -0.160. The van der Waals surface area contributed by atoms with Crippen molar-refractivity contribution in [1.82, 2.24) is 21.5 Å². The second-order valence-electron chi connectivity index (χ2n) is 3.27. The lowest BCUT2D eigenvalue weighted by Crippen LogP contribution is -2.35. The molecule has 0 aromatic rings. The fourth-order valence-electron chi connectivity index (χ4n) is 1.13. The molecule has 0 aliphatic heterocycles. The molecular weight excluding hydrogens is 176 g/mol. The highest BCUT2D eigenvalue weighted by Gasteiger charge is 1.87. The van der Waals surface area contributed by atoms with E-state index in [1.807, 2.05) is 0 Å². The smallest absolute Gasteiger partial charge is 0.0112 e. The van der Waals surface area contributed by atoms with Crippen molar-refractivity contribution in [2.75, 3.05) is 39.3 Å². The summed E-state index contributed by atoms with van der Waals surface area (Å²) in [5, 5.41) is 6.58. The molecule has 14 heavy (non-hydrogen) atoms. The molecule has 0 spiro atoms. The molecule has 4 nitrogen and oxygen atoms in total. The Labute approximate surface area is 88.2 Å². The van der Waals surface area contributed by atoms with Gasteiger partial charge in [0.1, 0.15) is 0 Å². The molecule has 4 heteroatoms. The van der Waals surface area contributed by atoms with Crippen LogP contribution in [0.5, 0.6) is 0 Å². The van der Waals surface area contributed by atoms with Crippen LogP contribution in [0.3, 0.4) is 0 Å². The van der Waals surface area contributed by atoms with Crippen molar-refractivity contribution in [3.8, 4) is 0 Å². The van der Waals surface area contributed by atoms with Gasteiger partial charge in [-0.25, -0.2) is 0 Å². The molecule has 0 rings (SSSR count). The standard InChI is InChI=1S/C10H26N4/c1-3-11-7-5-9-13-14-10-6-8-12-4-2/h11-14H,3-10H2,1-2H3. The molecule has 0 aliphatic rings. The predicted molar refractivity (Wildman–Crippen MR) is 62.3 cm³/mol. The minimum atomic E-state index is 1.04. The Balaban J connectivity index is 2.78. The summed E-state index contributed by atoms with van der Waals surface area (Å²) in [5.74, 6) is 0. The minimum Gasteiger partial charge on any atom is -0.317 e. The molecule has 0 aromatic carbocycles. The van der Waals surface area contributed by atoms with Gasteiger partial charge in [-0.2, -0.15) is 0 Å². The molecule has 0 aliphatic carbocycles. The topological polar surface area (TPSA) is 48.1 Å². The SMILES string of the molecule is CCNCCCNNCCCNCC. The summed E-state index contributed by atoms with van der Waals surface area (Å²) in [5.41, 5.74) is 6.41. The number of hydrazine groups is 1. The summed E-state index contributed by atoms with van der Waals surface area (Å²) >= 11 is 0. The van der Waals surface area contributed by atoms with E-state index < -0.39 is 0 Å². The zero-order valence-electron chi connectivity index (χ0n) is 9.66. The highest BCUT2D eigenvalue weighted by atomic mass is 15.3. The van der Waals surface area contributed by atoms with E-state index in [1.165, 1.54) is 12.8 Å². The normalized spacial score (nSPS) is 10.7. The summed E-state index contributed by atoms with van der Waals surface area (Å²) in [7, 11) is 0. The zero-order chi connectivity index (χ0) is 10.5. The quantitative estimate of drug-likeness (QED) is 0.283. The highest BCUT2D eigenvalue weighted by Crippen LogP contribution is 1.73. The highest BCUT2D eigenvalue weighted by molar-refractivity contribution is 4.49.